The highest BCUT2D eigenvalue weighted by Gasteiger charge is 2.39. The van der Waals surface area contributed by atoms with Gasteiger partial charge < -0.3 is 24.6 Å². The summed E-state index contributed by atoms with van der Waals surface area (Å²) in [5.74, 6) is -1.37. The van der Waals surface area contributed by atoms with Crippen LogP contribution in [0.5, 0.6) is 0 Å². The number of pyridine rings is 1. The zero-order valence-corrected chi connectivity index (χ0v) is 32.7. The molecule has 0 aliphatic carbocycles. The van der Waals surface area contributed by atoms with Crippen molar-refractivity contribution in [2.45, 2.75) is 81.8 Å². The number of para-hydroxylation sites is 1. The molecule has 0 spiro atoms. The quantitative estimate of drug-likeness (QED) is 0.134. The van der Waals surface area contributed by atoms with Crippen LogP contribution < -0.4 is 21.2 Å². The molecule has 3 fully saturated rings. The van der Waals surface area contributed by atoms with E-state index in [1.165, 1.54) is 35.1 Å². The zero-order chi connectivity index (χ0) is 42.0. The van der Waals surface area contributed by atoms with Crippen LogP contribution in [0.25, 0.3) is 22.1 Å². The number of aliphatic hydroxyl groups is 1. The molecule has 3 N–H and O–H groups in total. The van der Waals surface area contributed by atoms with Crippen LogP contribution in [0, 0.1) is 0 Å². The number of carbonyl (C=O) groups excluding carboxylic acids is 3. The Hall–Kier alpha value is -5.62. The molecule has 312 valence electrons. The van der Waals surface area contributed by atoms with Gasteiger partial charge >= 0.3 is 11.9 Å². The van der Waals surface area contributed by atoms with Crippen LogP contribution in [0.1, 0.15) is 92.0 Å². The smallest absolute Gasteiger partial charge is 0.433 e. The summed E-state index contributed by atoms with van der Waals surface area (Å²) in [5.41, 5.74) is -1.71. The van der Waals surface area contributed by atoms with Crippen LogP contribution in [0.2, 0.25) is 0 Å². The average Bonchev–Trinajstić information content (AvgIpc) is 3.72. The minimum absolute atomic E-state index is 0.0754. The Balaban J connectivity index is 0.914. The lowest BCUT2D eigenvalue weighted by Gasteiger charge is -2.41. The number of rotatable bonds is 8. The van der Waals surface area contributed by atoms with Crippen LogP contribution in [0.3, 0.4) is 0 Å². The molecule has 1 atom stereocenters. The van der Waals surface area contributed by atoms with Crippen molar-refractivity contribution >= 4 is 51.2 Å². The number of likely N-dealkylation sites (tertiary alicyclic amines) is 1. The standard InChI is InChI=1S/C41H44F4N8O6/c1-39(2,58)24-20-27-31(21-26(24)47-35(55)25-6-4-9-32(46-25)41(43,44)45)59-37(48-27)23-12-16-51(17-13-23)22-40(42)14-18-52(19-15-40)28-7-5-8-29-34(28)50(3)38(57)53(29)30-10-11-33(54)49-36(30)56/h4-9,20-21,23,30,58H,10-19,22H2,1-3H3,(H,47,55)(H,49,54,56). The third-order valence-electron chi connectivity index (χ3n) is 11.8. The molecule has 59 heavy (non-hydrogen) atoms. The fraction of sp³-hybridized carbons (Fsp3) is 0.463. The second kappa shape index (κ2) is 14.9. The molecule has 0 bridgehead atoms. The maximum atomic E-state index is 16.5. The van der Waals surface area contributed by atoms with Crippen molar-refractivity contribution in [3.63, 3.8) is 0 Å². The van der Waals surface area contributed by atoms with E-state index in [1.807, 2.05) is 12.1 Å². The average molecular weight is 821 g/mol. The second-order valence-electron chi connectivity index (χ2n) is 16.3. The summed E-state index contributed by atoms with van der Waals surface area (Å²) >= 11 is 0. The number of fused-ring (bicyclic) bond motifs is 2. The third-order valence-corrected chi connectivity index (χ3v) is 11.8. The number of piperidine rings is 3. The maximum Gasteiger partial charge on any atom is 0.433 e. The minimum Gasteiger partial charge on any atom is -0.440 e. The minimum atomic E-state index is -4.73. The molecule has 2 aromatic carbocycles. The van der Waals surface area contributed by atoms with Crippen LogP contribution in [-0.4, -0.2) is 85.2 Å². The van der Waals surface area contributed by atoms with Gasteiger partial charge in [0.15, 0.2) is 11.5 Å². The summed E-state index contributed by atoms with van der Waals surface area (Å²) in [6.45, 7) is 5.35. The van der Waals surface area contributed by atoms with E-state index in [1.54, 1.807) is 19.2 Å². The molecule has 8 rings (SSSR count). The predicted molar refractivity (Wildman–Crippen MR) is 209 cm³/mol. The van der Waals surface area contributed by atoms with Gasteiger partial charge in [-0.2, -0.15) is 13.2 Å². The number of imidazole rings is 1. The molecular weight excluding hydrogens is 776 g/mol. The Bertz CT molecular complexity index is 2520. The lowest BCUT2D eigenvalue weighted by molar-refractivity contribution is -0.141. The van der Waals surface area contributed by atoms with E-state index in [4.69, 9.17) is 9.40 Å². The van der Waals surface area contributed by atoms with E-state index >= 15 is 4.39 Å². The summed E-state index contributed by atoms with van der Waals surface area (Å²) in [6.07, 6.45) is -2.49. The lowest BCUT2D eigenvalue weighted by atomic mass is 9.90. The number of aromatic nitrogens is 4. The Morgan fingerprint density at radius 3 is 2.39 bits per heavy atom. The molecule has 5 aromatic rings. The molecule has 18 heteroatoms. The van der Waals surface area contributed by atoms with Gasteiger partial charge in [0, 0.05) is 63.5 Å². The van der Waals surface area contributed by atoms with E-state index in [2.05, 4.69) is 25.4 Å². The Labute approximate surface area is 335 Å². The van der Waals surface area contributed by atoms with Crippen LogP contribution >= 0.6 is 0 Å². The van der Waals surface area contributed by atoms with Gasteiger partial charge in [0.25, 0.3) is 5.91 Å². The SMILES string of the molecule is Cn1c(=O)n(C2CCC(=O)NC2=O)c2cccc(N3CCC(F)(CN4CCC(c5nc6cc(C(C)(C)O)c(NC(=O)c7cccc(C(F)(F)F)n7)cc6o5)CC4)CC3)c21. The molecule has 3 amide bonds. The van der Waals surface area contributed by atoms with Crippen LogP contribution in [0.4, 0.5) is 28.9 Å². The molecule has 3 saturated heterocycles. The van der Waals surface area contributed by atoms with Gasteiger partial charge in [-0.15, -0.1) is 0 Å². The highest BCUT2D eigenvalue weighted by molar-refractivity contribution is 6.04. The van der Waals surface area contributed by atoms with Crippen molar-refractivity contribution in [1.82, 2.24) is 29.3 Å². The number of aryl methyl sites for hydroxylation is 1. The van der Waals surface area contributed by atoms with Gasteiger partial charge in [-0.25, -0.2) is 19.2 Å². The molecule has 0 saturated carbocycles. The van der Waals surface area contributed by atoms with E-state index in [9.17, 15) is 37.5 Å². The summed E-state index contributed by atoms with van der Waals surface area (Å²) in [5, 5.41) is 15.9. The first-order valence-electron chi connectivity index (χ1n) is 19.6. The molecule has 3 aliphatic rings. The normalized spacial score (nSPS) is 19.7. The number of oxazole rings is 1. The summed E-state index contributed by atoms with van der Waals surface area (Å²) in [6, 6.07) is 10.8. The van der Waals surface area contributed by atoms with Crippen molar-refractivity contribution in [1.29, 1.82) is 0 Å². The highest BCUT2D eigenvalue weighted by atomic mass is 19.4. The summed E-state index contributed by atoms with van der Waals surface area (Å²) < 4.78 is 65.3. The van der Waals surface area contributed by atoms with Gasteiger partial charge in [-0.3, -0.25) is 28.8 Å². The summed E-state index contributed by atoms with van der Waals surface area (Å²) in [7, 11) is 1.65. The van der Waals surface area contributed by atoms with E-state index < -0.39 is 46.7 Å². The van der Waals surface area contributed by atoms with E-state index in [0.29, 0.717) is 67.0 Å². The van der Waals surface area contributed by atoms with Crippen molar-refractivity contribution in [2.24, 2.45) is 7.05 Å². The highest BCUT2D eigenvalue weighted by Crippen LogP contribution is 2.39. The third kappa shape index (κ3) is 7.82. The van der Waals surface area contributed by atoms with E-state index in [-0.39, 0.29) is 61.0 Å². The molecule has 6 heterocycles. The number of hydrogen-bond donors (Lipinski definition) is 3. The number of halogens is 4. The summed E-state index contributed by atoms with van der Waals surface area (Å²) in [4.78, 5) is 63.3. The van der Waals surface area contributed by atoms with Gasteiger partial charge in [-0.05, 0) is 76.5 Å². The van der Waals surface area contributed by atoms with Gasteiger partial charge in [0.05, 0.1) is 28.0 Å². The Kier molecular flexibility index (Phi) is 10.1. The molecule has 0 radical (unpaired) electrons. The van der Waals surface area contributed by atoms with Crippen LogP contribution in [0.15, 0.2) is 57.7 Å². The Morgan fingerprint density at radius 2 is 1.71 bits per heavy atom. The maximum absolute atomic E-state index is 16.5. The fourth-order valence-corrected chi connectivity index (χ4v) is 8.63. The van der Waals surface area contributed by atoms with Gasteiger partial charge in [-0.1, -0.05) is 12.1 Å². The van der Waals surface area contributed by atoms with Gasteiger partial charge in [0.1, 0.15) is 28.6 Å². The van der Waals surface area contributed by atoms with Gasteiger partial charge in [0.2, 0.25) is 11.8 Å². The number of hydrogen-bond acceptors (Lipinski definition) is 10. The number of imide groups is 1. The number of carbonyl (C=O) groups is 3. The molecular formula is C41H44F4N8O6. The van der Waals surface area contributed by atoms with Crippen molar-refractivity contribution in [3.05, 3.63) is 81.9 Å². The zero-order valence-electron chi connectivity index (χ0n) is 32.7. The molecule has 3 aliphatic heterocycles. The van der Waals surface area contributed by atoms with Crippen molar-refractivity contribution in [2.75, 3.05) is 42.9 Å². The first kappa shape index (κ1) is 40.2. The van der Waals surface area contributed by atoms with Crippen LogP contribution in [-0.2, 0) is 28.4 Å². The lowest BCUT2D eigenvalue weighted by Crippen LogP contribution is -2.50. The fourth-order valence-electron chi connectivity index (χ4n) is 8.63. The first-order chi connectivity index (χ1) is 27.9. The number of benzene rings is 2. The number of alkyl halides is 4. The second-order valence-corrected chi connectivity index (χ2v) is 16.3. The molecule has 3 aromatic heterocycles. The topological polar surface area (TPSA) is 168 Å². The predicted octanol–water partition coefficient (Wildman–Crippen LogP) is 5.54. The monoisotopic (exact) mass is 820 g/mol. The largest absolute Gasteiger partial charge is 0.440 e. The first-order valence-corrected chi connectivity index (χ1v) is 19.6. The number of anilines is 2. The number of nitrogens with one attached hydrogen (secondary N) is 2. The molecule has 14 nitrogen and oxygen atoms in total. The van der Waals surface area contributed by atoms with E-state index in [0.717, 1.165) is 17.8 Å². The molecule has 1 unspecified atom stereocenters. The Morgan fingerprint density at radius 1 is 1.00 bits per heavy atom. The number of amides is 3. The van der Waals surface area contributed by atoms with Crippen molar-refractivity contribution in [3.8, 4) is 0 Å². The van der Waals surface area contributed by atoms with Crippen molar-refractivity contribution < 1.29 is 41.5 Å². The number of nitrogens with zero attached hydrogens (tertiary/aromatic N) is 6.